The van der Waals surface area contributed by atoms with E-state index in [0.717, 1.165) is 5.56 Å². The molecule has 1 heterocycles. The number of nitrogens with one attached hydrogen (secondary N) is 1. The molecule has 0 amide bonds. The molecule has 0 aliphatic rings. The predicted octanol–water partition coefficient (Wildman–Crippen LogP) is 2.79. The van der Waals surface area contributed by atoms with Crippen molar-refractivity contribution < 1.29 is 0 Å². The topological polar surface area (TPSA) is 67.6 Å². The maximum atomic E-state index is 5.75. The van der Waals surface area contributed by atoms with Gasteiger partial charge in [-0.3, -0.25) is 5.10 Å². The Labute approximate surface area is 108 Å². The fourth-order valence-corrected chi connectivity index (χ4v) is 1.73. The van der Waals surface area contributed by atoms with E-state index in [0.29, 0.717) is 11.6 Å². The van der Waals surface area contributed by atoms with Crippen molar-refractivity contribution in [2.24, 2.45) is 5.73 Å². The van der Waals surface area contributed by atoms with Crippen LogP contribution >= 0.6 is 0 Å². The lowest BCUT2D eigenvalue weighted by molar-refractivity contribution is 0.590. The SMILES string of the molecule is C[C@H](N)c1nc(-c2ccc(C(C)(C)C)cc2)n[nH]1. The van der Waals surface area contributed by atoms with Crippen LogP contribution < -0.4 is 5.73 Å². The first-order valence-electron chi connectivity index (χ1n) is 6.17. The molecule has 0 radical (unpaired) electrons. The molecule has 0 bridgehead atoms. The van der Waals surface area contributed by atoms with Gasteiger partial charge in [-0.2, -0.15) is 5.10 Å². The molecule has 18 heavy (non-hydrogen) atoms. The van der Waals surface area contributed by atoms with Crippen molar-refractivity contribution in [3.8, 4) is 11.4 Å². The average Bonchev–Trinajstić information content (AvgIpc) is 2.77. The largest absolute Gasteiger partial charge is 0.322 e. The van der Waals surface area contributed by atoms with Gasteiger partial charge in [0.2, 0.25) is 0 Å². The van der Waals surface area contributed by atoms with E-state index in [1.54, 1.807) is 0 Å². The van der Waals surface area contributed by atoms with Crippen LogP contribution in [0.15, 0.2) is 24.3 Å². The van der Waals surface area contributed by atoms with Crippen LogP contribution in [-0.2, 0) is 5.41 Å². The lowest BCUT2D eigenvalue weighted by Crippen LogP contribution is -2.10. The van der Waals surface area contributed by atoms with Crippen molar-refractivity contribution >= 4 is 0 Å². The highest BCUT2D eigenvalue weighted by atomic mass is 15.2. The highest BCUT2D eigenvalue weighted by Crippen LogP contribution is 2.24. The molecular weight excluding hydrogens is 224 g/mol. The van der Waals surface area contributed by atoms with E-state index in [4.69, 9.17) is 5.73 Å². The van der Waals surface area contributed by atoms with E-state index in [1.165, 1.54) is 5.56 Å². The molecule has 0 unspecified atom stereocenters. The van der Waals surface area contributed by atoms with E-state index in [-0.39, 0.29) is 11.5 Å². The van der Waals surface area contributed by atoms with Crippen LogP contribution in [0.2, 0.25) is 0 Å². The first kappa shape index (κ1) is 12.8. The van der Waals surface area contributed by atoms with Crippen molar-refractivity contribution in [2.45, 2.75) is 39.2 Å². The summed E-state index contributed by atoms with van der Waals surface area (Å²) in [5.41, 5.74) is 8.22. The van der Waals surface area contributed by atoms with Gasteiger partial charge < -0.3 is 5.73 Å². The normalized spacial score (nSPS) is 13.6. The quantitative estimate of drug-likeness (QED) is 0.853. The monoisotopic (exact) mass is 244 g/mol. The number of hydrogen-bond acceptors (Lipinski definition) is 3. The smallest absolute Gasteiger partial charge is 0.181 e. The van der Waals surface area contributed by atoms with E-state index in [2.05, 4.69) is 60.2 Å². The number of hydrogen-bond donors (Lipinski definition) is 2. The van der Waals surface area contributed by atoms with E-state index >= 15 is 0 Å². The van der Waals surface area contributed by atoms with Gasteiger partial charge in [-0.05, 0) is 17.9 Å². The molecule has 4 heteroatoms. The third-order valence-electron chi connectivity index (χ3n) is 2.94. The van der Waals surface area contributed by atoms with E-state index in [1.807, 2.05) is 6.92 Å². The molecule has 0 aliphatic carbocycles. The first-order chi connectivity index (χ1) is 8.38. The molecule has 0 saturated carbocycles. The number of rotatable bonds is 2. The minimum Gasteiger partial charge on any atom is -0.322 e. The summed E-state index contributed by atoms with van der Waals surface area (Å²) in [5, 5.41) is 7.05. The van der Waals surface area contributed by atoms with Gasteiger partial charge in [0.1, 0.15) is 5.82 Å². The summed E-state index contributed by atoms with van der Waals surface area (Å²) in [4.78, 5) is 4.38. The lowest BCUT2D eigenvalue weighted by Gasteiger charge is -2.18. The summed E-state index contributed by atoms with van der Waals surface area (Å²) in [6, 6.07) is 8.22. The summed E-state index contributed by atoms with van der Waals surface area (Å²) in [5.74, 6) is 1.41. The van der Waals surface area contributed by atoms with Crippen molar-refractivity contribution in [1.29, 1.82) is 0 Å². The third-order valence-corrected chi connectivity index (χ3v) is 2.94. The first-order valence-corrected chi connectivity index (χ1v) is 6.17. The number of aromatic amines is 1. The van der Waals surface area contributed by atoms with Gasteiger partial charge in [-0.15, -0.1) is 0 Å². The van der Waals surface area contributed by atoms with Crippen LogP contribution in [0.25, 0.3) is 11.4 Å². The number of benzene rings is 1. The average molecular weight is 244 g/mol. The molecule has 96 valence electrons. The Morgan fingerprint density at radius 3 is 2.22 bits per heavy atom. The third kappa shape index (κ3) is 2.59. The Morgan fingerprint density at radius 2 is 1.78 bits per heavy atom. The number of aromatic nitrogens is 3. The Hall–Kier alpha value is -1.68. The molecule has 1 aromatic carbocycles. The van der Waals surface area contributed by atoms with Gasteiger partial charge in [-0.1, -0.05) is 45.0 Å². The summed E-state index contributed by atoms with van der Waals surface area (Å²) in [6.45, 7) is 8.47. The van der Waals surface area contributed by atoms with Gasteiger partial charge in [0.25, 0.3) is 0 Å². The second kappa shape index (κ2) is 4.53. The molecule has 0 saturated heterocycles. The van der Waals surface area contributed by atoms with E-state index < -0.39 is 0 Å². The molecule has 2 rings (SSSR count). The number of nitrogens with two attached hydrogens (primary N) is 1. The fourth-order valence-electron chi connectivity index (χ4n) is 1.73. The minimum atomic E-state index is -0.125. The molecule has 2 aromatic rings. The summed E-state index contributed by atoms with van der Waals surface area (Å²) < 4.78 is 0. The maximum Gasteiger partial charge on any atom is 0.181 e. The van der Waals surface area contributed by atoms with Crippen LogP contribution in [-0.4, -0.2) is 15.2 Å². The number of H-pyrrole nitrogens is 1. The van der Waals surface area contributed by atoms with Gasteiger partial charge in [0.05, 0.1) is 6.04 Å². The molecule has 4 nitrogen and oxygen atoms in total. The molecule has 3 N–H and O–H groups in total. The van der Waals surface area contributed by atoms with Crippen molar-refractivity contribution in [2.75, 3.05) is 0 Å². The highest BCUT2D eigenvalue weighted by molar-refractivity contribution is 5.55. The van der Waals surface area contributed by atoms with E-state index in [9.17, 15) is 0 Å². The maximum absolute atomic E-state index is 5.75. The van der Waals surface area contributed by atoms with Crippen molar-refractivity contribution in [3.05, 3.63) is 35.7 Å². The van der Waals surface area contributed by atoms with Crippen molar-refractivity contribution in [3.63, 3.8) is 0 Å². The molecular formula is C14H20N4. The van der Waals surface area contributed by atoms with Crippen LogP contribution in [0.1, 0.15) is 45.1 Å². The van der Waals surface area contributed by atoms with Gasteiger partial charge in [0, 0.05) is 5.56 Å². The van der Waals surface area contributed by atoms with Gasteiger partial charge in [0.15, 0.2) is 5.82 Å². The molecule has 1 aromatic heterocycles. The zero-order valence-electron chi connectivity index (χ0n) is 11.4. The zero-order chi connectivity index (χ0) is 13.3. The standard InChI is InChI=1S/C14H20N4/c1-9(15)12-16-13(18-17-12)10-5-7-11(8-6-10)14(2,3)4/h5-9H,15H2,1-4H3,(H,16,17,18)/t9-/m0/s1. The van der Waals surface area contributed by atoms with Crippen LogP contribution in [0.5, 0.6) is 0 Å². The molecule has 0 spiro atoms. The van der Waals surface area contributed by atoms with Crippen LogP contribution in [0.4, 0.5) is 0 Å². The van der Waals surface area contributed by atoms with Crippen molar-refractivity contribution in [1.82, 2.24) is 15.2 Å². The minimum absolute atomic E-state index is 0.125. The summed E-state index contributed by atoms with van der Waals surface area (Å²) >= 11 is 0. The predicted molar refractivity (Wildman–Crippen MR) is 73.1 cm³/mol. The zero-order valence-corrected chi connectivity index (χ0v) is 11.4. The lowest BCUT2D eigenvalue weighted by atomic mass is 9.87. The second-order valence-corrected chi connectivity index (χ2v) is 5.66. The molecule has 1 atom stereocenters. The molecule has 0 fully saturated rings. The molecule has 0 aliphatic heterocycles. The summed E-state index contributed by atoms with van der Waals surface area (Å²) in [7, 11) is 0. The van der Waals surface area contributed by atoms with Crippen LogP contribution in [0, 0.1) is 0 Å². The highest BCUT2D eigenvalue weighted by Gasteiger charge is 2.14. The Morgan fingerprint density at radius 1 is 1.17 bits per heavy atom. The second-order valence-electron chi connectivity index (χ2n) is 5.66. The Kier molecular flexibility index (Phi) is 3.22. The summed E-state index contributed by atoms with van der Waals surface area (Å²) in [6.07, 6.45) is 0. The van der Waals surface area contributed by atoms with Gasteiger partial charge >= 0.3 is 0 Å². The van der Waals surface area contributed by atoms with Gasteiger partial charge in [-0.25, -0.2) is 4.98 Å². The Bertz CT molecular complexity index is 517. The fraction of sp³-hybridized carbons (Fsp3) is 0.429. The van der Waals surface area contributed by atoms with Crippen LogP contribution in [0.3, 0.4) is 0 Å². The Balaban J connectivity index is 2.29. The number of nitrogens with zero attached hydrogens (tertiary/aromatic N) is 2.